The molecule has 2 aliphatic heterocycles. The molecule has 3 rings (SSSR count). The molecule has 0 spiro atoms. The summed E-state index contributed by atoms with van der Waals surface area (Å²) in [5.74, 6) is 0.582. The van der Waals surface area contributed by atoms with Crippen LogP contribution in [0.1, 0.15) is 43.8 Å². The van der Waals surface area contributed by atoms with Gasteiger partial charge in [0, 0.05) is 63.2 Å². The summed E-state index contributed by atoms with van der Waals surface area (Å²) in [6.45, 7) is 2.96. The smallest absolute Gasteiger partial charge is 0.404 e. The zero-order chi connectivity index (χ0) is 26.8. The normalized spacial score (nSPS) is 21.9. The van der Waals surface area contributed by atoms with Gasteiger partial charge in [0.25, 0.3) is 0 Å². The van der Waals surface area contributed by atoms with Crippen LogP contribution in [0.5, 0.6) is 0 Å². The van der Waals surface area contributed by atoms with Gasteiger partial charge in [-0.1, -0.05) is 23.7 Å². The van der Waals surface area contributed by atoms with Gasteiger partial charge in [-0.2, -0.15) is 0 Å². The van der Waals surface area contributed by atoms with E-state index in [1.165, 1.54) is 0 Å². The molecule has 4 N–H and O–H groups in total. The van der Waals surface area contributed by atoms with Crippen molar-refractivity contribution < 1.29 is 24.2 Å². The molecule has 4 unspecified atom stereocenters. The van der Waals surface area contributed by atoms with Crippen molar-refractivity contribution in [2.24, 2.45) is 11.8 Å². The van der Waals surface area contributed by atoms with Crippen molar-refractivity contribution in [3.8, 4) is 0 Å². The number of carbonyl (C=O) groups is 3. The number of carboxylic acid groups (broad SMARTS) is 1. The summed E-state index contributed by atoms with van der Waals surface area (Å²) in [7, 11) is 3.71. The second kappa shape index (κ2) is 14.4. The van der Waals surface area contributed by atoms with E-state index in [1.54, 1.807) is 11.0 Å². The van der Waals surface area contributed by atoms with Gasteiger partial charge in [0.1, 0.15) is 0 Å². The van der Waals surface area contributed by atoms with E-state index < -0.39 is 6.09 Å². The van der Waals surface area contributed by atoms with Crippen molar-refractivity contribution in [3.05, 3.63) is 34.9 Å². The molecule has 0 saturated carbocycles. The first-order valence-corrected chi connectivity index (χ1v) is 13.4. The number of nitrogens with zero attached hydrogens (tertiary/aromatic N) is 2. The van der Waals surface area contributed by atoms with Crippen molar-refractivity contribution in [2.45, 2.75) is 44.2 Å². The van der Waals surface area contributed by atoms with Crippen LogP contribution in [0.15, 0.2) is 24.3 Å². The summed E-state index contributed by atoms with van der Waals surface area (Å²) in [6, 6.07) is 7.36. The van der Waals surface area contributed by atoms with Gasteiger partial charge >= 0.3 is 12.1 Å². The van der Waals surface area contributed by atoms with Crippen LogP contribution in [0, 0.1) is 11.8 Å². The Hall–Kier alpha value is -2.56. The highest BCUT2D eigenvalue weighted by atomic mass is 35.5. The molecule has 4 atom stereocenters. The minimum Gasteiger partial charge on any atom is -0.465 e. The lowest BCUT2D eigenvalue weighted by molar-refractivity contribution is -0.133. The third kappa shape index (κ3) is 9.05. The number of hydrogen-bond acceptors (Lipinski definition) is 5. The Kier molecular flexibility index (Phi) is 11.3. The van der Waals surface area contributed by atoms with Crippen LogP contribution in [0.3, 0.4) is 0 Å². The van der Waals surface area contributed by atoms with Gasteiger partial charge in [-0.25, -0.2) is 9.59 Å². The fourth-order valence-electron chi connectivity index (χ4n) is 5.37. The van der Waals surface area contributed by atoms with Gasteiger partial charge in [0.15, 0.2) is 0 Å². The Morgan fingerprint density at radius 3 is 2.78 bits per heavy atom. The molecular formula is C26H40ClN5O5. The van der Waals surface area contributed by atoms with Crippen LogP contribution in [-0.4, -0.2) is 92.4 Å². The number of likely N-dealkylation sites (tertiary alicyclic amines) is 2. The minimum atomic E-state index is -1.09. The fraction of sp³-hybridized carbons (Fsp3) is 0.654. The van der Waals surface area contributed by atoms with E-state index in [9.17, 15) is 14.4 Å². The number of halogens is 1. The van der Waals surface area contributed by atoms with Crippen LogP contribution in [-0.2, 0) is 9.53 Å². The number of piperidine rings is 2. The number of nitrogens with one attached hydrogen (secondary N) is 3. The van der Waals surface area contributed by atoms with Crippen molar-refractivity contribution >= 4 is 29.6 Å². The van der Waals surface area contributed by atoms with Crippen molar-refractivity contribution in [1.82, 2.24) is 25.8 Å². The zero-order valence-electron chi connectivity index (χ0n) is 21.7. The molecule has 206 valence electrons. The van der Waals surface area contributed by atoms with E-state index in [4.69, 9.17) is 21.4 Å². The Morgan fingerprint density at radius 2 is 2.08 bits per heavy atom. The van der Waals surface area contributed by atoms with Crippen LogP contribution >= 0.6 is 11.6 Å². The number of likely N-dealkylation sites (N-methyl/N-ethyl adjacent to an activating group) is 1. The molecule has 2 aliphatic rings. The maximum atomic E-state index is 13.3. The third-order valence-corrected chi connectivity index (χ3v) is 7.38. The van der Waals surface area contributed by atoms with Crippen molar-refractivity contribution in [1.29, 1.82) is 0 Å². The SMILES string of the molecule is CNCC(CC1CCC(=O)N(C)C1)NC(=O)N1CCCC(C(OCCNC(=O)O)c2cccc(Cl)c2)C1. The summed E-state index contributed by atoms with van der Waals surface area (Å²) in [5, 5.41) is 18.2. The predicted molar refractivity (Wildman–Crippen MR) is 142 cm³/mol. The molecule has 2 saturated heterocycles. The first-order chi connectivity index (χ1) is 17.8. The van der Waals surface area contributed by atoms with Gasteiger partial charge in [-0.3, -0.25) is 4.79 Å². The number of carbonyl (C=O) groups excluding carboxylic acids is 2. The summed E-state index contributed by atoms with van der Waals surface area (Å²) in [4.78, 5) is 39.6. The van der Waals surface area contributed by atoms with Crippen LogP contribution < -0.4 is 16.0 Å². The molecular weight excluding hydrogens is 498 g/mol. The summed E-state index contributed by atoms with van der Waals surface area (Å²) < 4.78 is 6.16. The second-order valence-electron chi connectivity index (χ2n) is 10.0. The Labute approximate surface area is 224 Å². The number of urea groups is 1. The summed E-state index contributed by atoms with van der Waals surface area (Å²) in [6.07, 6.45) is 2.54. The monoisotopic (exact) mass is 537 g/mol. The molecule has 1 aromatic carbocycles. The highest BCUT2D eigenvalue weighted by molar-refractivity contribution is 6.30. The Bertz CT molecular complexity index is 919. The average molecular weight is 538 g/mol. The quantitative estimate of drug-likeness (QED) is 0.322. The molecule has 37 heavy (non-hydrogen) atoms. The second-order valence-corrected chi connectivity index (χ2v) is 10.5. The first-order valence-electron chi connectivity index (χ1n) is 13.0. The first kappa shape index (κ1) is 29.0. The average Bonchev–Trinajstić information content (AvgIpc) is 2.86. The summed E-state index contributed by atoms with van der Waals surface area (Å²) in [5.41, 5.74) is 0.916. The molecule has 4 amide bonds. The largest absolute Gasteiger partial charge is 0.465 e. The third-order valence-electron chi connectivity index (χ3n) is 7.15. The van der Waals surface area contributed by atoms with Gasteiger partial charge in [-0.05, 0) is 56.3 Å². The molecule has 2 fully saturated rings. The van der Waals surface area contributed by atoms with Crippen LogP contribution in [0.25, 0.3) is 0 Å². The lowest BCUT2D eigenvalue weighted by Gasteiger charge is -2.38. The van der Waals surface area contributed by atoms with Gasteiger partial charge in [0.05, 0.1) is 12.7 Å². The van der Waals surface area contributed by atoms with Crippen LogP contribution in [0.4, 0.5) is 9.59 Å². The molecule has 11 heteroatoms. The van der Waals surface area contributed by atoms with E-state index in [0.717, 1.165) is 37.8 Å². The zero-order valence-corrected chi connectivity index (χ0v) is 22.5. The van der Waals surface area contributed by atoms with E-state index in [-0.39, 0.29) is 43.2 Å². The van der Waals surface area contributed by atoms with Crippen molar-refractivity contribution in [2.75, 3.05) is 53.4 Å². The number of ether oxygens (including phenoxy) is 1. The number of rotatable bonds is 11. The van der Waals surface area contributed by atoms with E-state index in [0.29, 0.717) is 37.0 Å². The fourth-order valence-corrected chi connectivity index (χ4v) is 5.57. The molecule has 1 aromatic rings. The van der Waals surface area contributed by atoms with E-state index in [2.05, 4.69) is 16.0 Å². The summed E-state index contributed by atoms with van der Waals surface area (Å²) >= 11 is 6.25. The molecule has 0 aliphatic carbocycles. The predicted octanol–water partition coefficient (Wildman–Crippen LogP) is 2.93. The maximum absolute atomic E-state index is 13.3. The minimum absolute atomic E-state index is 0.0356. The van der Waals surface area contributed by atoms with Gasteiger partial charge in [0.2, 0.25) is 5.91 Å². The van der Waals surface area contributed by atoms with Gasteiger partial charge < -0.3 is 35.6 Å². The molecule has 0 aromatic heterocycles. The molecule has 2 heterocycles. The standard InChI is InChI=1S/C26H40ClN5O5/c1-28-15-22(13-18-8-9-23(33)31(2)16-18)30-25(34)32-11-4-6-20(17-32)24(37-12-10-29-26(35)36)19-5-3-7-21(27)14-19/h3,5,7,14,18,20,22,24,28-29H,4,6,8-13,15-17H2,1-2H3,(H,30,34)(H,35,36). The number of benzene rings is 1. The number of hydrogen-bond donors (Lipinski definition) is 4. The highest BCUT2D eigenvalue weighted by Crippen LogP contribution is 2.34. The number of amides is 4. The van der Waals surface area contributed by atoms with Crippen LogP contribution in [0.2, 0.25) is 5.02 Å². The molecule has 0 radical (unpaired) electrons. The van der Waals surface area contributed by atoms with E-state index >= 15 is 0 Å². The van der Waals surface area contributed by atoms with E-state index in [1.807, 2.05) is 37.2 Å². The Morgan fingerprint density at radius 1 is 1.27 bits per heavy atom. The molecule has 0 bridgehead atoms. The topological polar surface area (TPSA) is 123 Å². The lowest BCUT2D eigenvalue weighted by atomic mass is 9.88. The maximum Gasteiger partial charge on any atom is 0.404 e. The Balaban J connectivity index is 1.63. The van der Waals surface area contributed by atoms with Crippen molar-refractivity contribution in [3.63, 3.8) is 0 Å². The van der Waals surface area contributed by atoms with Gasteiger partial charge in [-0.15, -0.1) is 0 Å². The lowest BCUT2D eigenvalue weighted by Crippen LogP contribution is -2.52. The highest BCUT2D eigenvalue weighted by Gasteiger charge is 2.33. The molecule has 10 nitrogen and oxygen atoms in total.